The van der Waals surface area contributed by atoms with Gasteiger partial charge >= 0.3 is 6.18 Å². The molecule has 0 atom stereocenters. The van der Waals surface area contributed by atoms with Gasteiger partial charge in [0, 0.05) is 11.6 Å². The van der Waals surface area contributed by atoms with Gasteiger partial charge in [0.25, 0.3) is 5.91 Å². The van der Waals surface area contributed by atoms with Crippen molar-refractivity contribution in [3.8, 4) is 11.5 Å². The van der Waals surface area contributed by atoms with Crippen LogP contribution in [0.15, 0.2) is 47.6 Å². The van der Waals surface area contributed by atoms with E-state index in [0.717, 1.165) is 24.4 Å². The van der Waals surface area contributed by atoms with Crippen LogP contribution in [-0.2, 0) is 6.18 Å². The summed E-state index contributed by atoms with van der Waals surface area (Å²) in [6.07, 6.45) is -3.68. The minimum absolute atomic E-state index is 0.177. The number of hydrogen-bond donors (Lipinski definition) is 3. The van der Waals surface area contributed by atoms with E-state index in [4.69, 9.17) is 5.11 Å². The smallest absolute Gasteiger partial charge is 0.417 e. The third-order valence-electron chi connectivity index (χ3n) is 2.86. The van der Waals surface area contributed by atoms with Gasteiger partial charge in [0.1, 0.15) is 11.5 Å². The number of nitrogens with one attached hydrogen (secondary N) is 1. The number of rotatable bonds is 3. The molecule has 1 amide bonds. The van der Waals surface area contributed by atoms with Crippen molar-refractivity contribution in [2.24, 2.45) is 5.10 Å². The largest absolute Gasteiger partial charge is 0.508 e. The molecule has 0 aliphatic heterocycles. The molecule has 0 bridgehead atoms. The van der Waals surface area contributed by atoms with E-state index in [-0.39, 0.29) is 16.9 Å². The van der Waals surface area contributed by atoms with Crippen molar-refractivity contribution in [2.75, 3.05) is 0 Å². The molecular formula is C15H11F3N2O3. The number of hydrogen-bond acceptors (Lipinski definition) is 4. The van der Waals surface area contributed by atoms with Crippen LogP contribution in [0.1, 0.15) is 21.5 Å². The lowest BCUT2D eigenvalue weighted by molar-refractivity contribution is -0.137. The second kappa shape index (κ2) is 6.39. The highest BCUT2D eigenvalue weighted by Gasteiger charge is 2.32. The molecule has 8 heteroatoms. The number of aromatic hydroxyl groups is 2. The number of carbonyl (C=O) groups is 1. The summed E-state index contributed by atoms with van der Waals surface area (Å²) in [7, 11) is 0. The van der Waals surface area contributed by atoms with Crippen LogP contribution in [0.5, 0.6) is 11.5 Å². The molecule has 0 saturated heterocycles. The molecule has 2 rings (SSSR count). The summed E-state index contributed by atoms with van der Waals surface area (Å²) in [6.45, 7) is 0. The predicted molar refractivity (Wildman–Crippen MR) is 76.3 cm³/mol. The Bertz CT molecular complexity index is 758. The number of halogens is 3. The number of carbonyl (C=O) groups excluding carboxylic acids is 1. The summed E-state index contributed by atoms with van der Waals surface area (Å²) in [5.41, 5.74) is 0.735. The average Bonchev–Trinajstić information content (AvgIpc) is 2.46. The van der Waals surface area contributed by atoms with Gasteiger partial charge in [-0.2, -0.15) is 18.3 Å². The number of nitrogens with zero attached hydrogens (tertiary/aromatic N) is 1. The molecule has 0 saturated carbocycles. The van der Waals surface area contributed by atoms with Gasteiger partial charge in [-0.25, -0.2) is 5.43 Å². The van der Waals surface area contributed by atoms with E-state index in [2.05, 4.69) is 5.10 Å². The second-order valence-electron chi connectivity index (χ2n) is 4.49. The van der Waals surface area contributed by atoms with Gasteiger partial charge in [0.05, 0.1) is 17.3 Å². The lowest BCUT2D eigenvalue weighted by atomic mass is 10.1. The van der Waals surface area contributed by atoms with E-state index in [0.29, 0.717) is 0 Å². The summed E-state index contributed by atoms with van der Waals surface area (Å²) in [6, 6.07) is 8.04. The number of benzene rings is 2. The summed E-state index contributed by atoms with van der Waals surface area (Å²) in [5, 5.41) is 22.1. The first-order valence-corrected chi connectivity index (χ1v) is 6.30. The minimum Gasteiger partial charge on any atom is -0.508 e. The van der Waals surface area contributed by atoms with Crippen LogP contribution in [-0.4, -0.2) is 22.3 Å². The summed E-state index contributed by atoms with van der Waals surface area (Å²) >= 11 is 0. The van der Waals surface area contributed by atoms with Crippen LogP contribution in [0.3, 0.4) is 0 Å². The van der Waals surface area contributed by atoms with Crippen molar-refractivity contribution in [2.45, 2.75) is 6.18 Å². The fourth-order valence-corrected chi connectivity index (χ4v) is 1.80. The topological polar surface area (TPSA) is 81.9 Å². The molecule has 23 heavy (non-hydrogen) atoms. The number of amides is 1. The van der Waals surface area contributed by atoms with E-state index in [9.17, 15) is 23.1 Å². The molecule has 120 valence electrons. The minimum atomic E-state index is -4.54. The molecule has 0 aliphatic rings. The fraction of sp³-hybridized carbons (Fsp3) is 0.0667. The average molecular weight is 324 g/mol. The van der Waals surface area contributed by atoms with Gasteiger partial charge in [-0.15, -0.1) is 0 Å². The zero-order chi connectivity index (χ0) is 17.0. The van der Waals surface area contributed by atoms with Crippen LogP contribution >= 0.6 is 0 Å². The molecule has 0 aromatic heterocycles. The fourth-order valence-electron chi connectivity index (χ4n) is 1.80. The second-order valence-corrected chi connectivity index (χ2v) is 4.49. The first kappa shape index (κ1) is 16.3. The van der Waals surface area contributed by atoms with Gasteiger partial charge < -0.3 is 10.2 Å². The zero-order valence-electron chi connectivity index (χ0n) is 11.5. The molecule has 0 unspecified atom stereocenters. The monoisotopic (exact) mass is 324 g/mol. The number of hydrazone groups is 1. The van der Waals surface area contributed by atoms with Gasteiger partial charge in [-0.3, -0.25) is 4.79 Å². The van der Waals surface area contributed by atoms with E-state index in [1.165, 1.54) is 24.3 Å². The molecular weight excluding hydrogens is 313 g/mol. The molecule has 5 nitrogen and oxygen atoms in total. The Labute approximate surface area is 128 Å². The van der Waals surface area contributed by atoms with E-state index in [1.54, 1.807) is 0 Å². The van der Waals surface area contributed by atoms with Crippen molar-refractivity contribution >= 4 is 12.1 Å². The highest BCUT2D eigenvalue weighted by Crippen LogP contribution is 2.31. The quantitative estimate of drug-likeness (QED) is 0.600. The molecule has 0 spiro atoms. The van der Waals surface area contributed by atoms with Crippen molar-refractivity contribution in [1.82, 2.24) is 5.43 Å². The summed E-state index contributed by atoms with van der Waals surface area (Å²) < 4.78 is 38.4. The molecule has 0 aliphatic carbocycles. The van der Waals surface area contributed by atoms with Crippen LogP contribution in [0, 0.1) is 0 Å². The van der Waals surface area contributed by atoms with Crippen LogP contribution < -0.4 is 5.43 Å². The predicted octanol–water partition coefficient (Wildman–Crippen LogP) is 2.88. The van der Waals surface area contributed by atoms with E-state index < -0.39 is 23.4 Å². The van der Waals surface area contributed by atoms with E-state index in [1.807, 2.05) is 5.43 Å². The molecule has 0 fully saturated rings. The third kappa shape index (κ3) is 4.00. The standard InChI is InChI=1S/C15H11F3N2O3/c16-15(17,18)12-4-2-1-3-9(12)8-19-20-14(23)11-6-5-10(21)7-13(11)22/h1-8,21-22H,(H,20,23)/b19-8+. The third-order valence-corrected chi connectivity index (χ3v) is 2.86. The lowest BCUT2D eigenvalue weighted by Gasteiger charge is -2.09. The van der Waals surface area contributed by atoms with Crippen molar-refractivity contribution in [3.05, 3.63) is 59.2 Å². The SMILES string of the molecule is O=C(N/N=C/c1ccccc1C(F)(F)F)c1ccc(O)cc1O. The molecule has 0 heterocycles. The molecule has 3 N–H and O–H groups in total. The molecule has 2 aromatic rings. The molecule has 2 aromatic carbocycles. The Morgan fingerprint density at radius 2 is 1.83 bits per heavy atom. The summed E-state index contributed by atoms with van der Waals surface area (Å²) in [4.78, 5) is 11.8. The van der Waals surface area contributed by atoms with Gasteiger partial charge in [-0.05, 0) is 18.2 Å². The van der Waals surface area contributed by atoms with Gasteiger partial charge in [-0.1, -0.05) is 18.2 Å². The Kier molecular flexibility index (Phi) is 4.54. The van der Waals surface area contributed by atoms with Gasteiger partial charge in [0.15, 0.2) is 0 Å². The van der Waals surface area contributed by atoms with Gasteiger partial charge in [0.2, 0.25) is 0 Å². The number of phenolic OH excluding ortho intramolecular Hbond substituents is 2. The van der Waals surface area contributed by atoms with Crippen molar-refractivity contribution < 1.29 is 28.2 Å². The lowest BCUT2D eigenvalue weighted by Crippen LogP contribution is -2.18. The first-order valence-electron chi connectivity index (χ1n) is 6.30. The highest BCUT2D eigenvalue weighted by molar-refractivity contribution is 5.97. The van der Waals surface area contributed by atoms with Crippen LogP contribution in [0.4, 0.5) is 13.2 Å². The summed E-state index contributed by atoms with van der Waals surface area (Å²) in [5.74, 6) is -1.54. The van der Waals surface area contributed by atoms with E-state index >= 15 is 0 Å². The van der Waals surface area contributed by atoms with Crippen molar-refractivity contribution in [1.29, 1.82) is 0 Å². The Morgan fingerprint density at radius 3 is 2.48 bits per heavy atom. The van der Waals surface area contributed by atoms with Crippen molar-refractivity contribution in [3.63, 3.8) is 0 Å². The van der Waals surface area contributed by atoms with Crippen LogP contribution in [0.2, 0.25) is 0 Å². The first-order chi connectivity index (χ1) is 10.8. The Balaban J connectivity index is 2.15. The maximum Gasteiger partial charge on any atom is 0.417 e. The maximum atomic E-state index is 12.8. The number of alkyl halides is 3. The highest BCUT2D eigenvalue weighted by atomic mass is 19.4. The zero-order valence-corrected chi connectivity index (χ0v) is 11.5. The van der Waals surface area contributed by atoms with Crippen LogP contribution in [0.25, 0.3) is 0 Å². The Hall–Kier alpha value is -3.03. The number of phenols is 2. The normalized spacial score (nSPS) is 11.6. The Morgan fingerprint density at radius 1 is 1.13 bits per heavy atom. The maximum absolute atomic E-state index is 12.8. The molecule has 0 radical (unpaired) electrons.